The fourth-order valence-electron chi connectivity index (χ4n) is 2.52. The SMILES string of the molecule is CC(=O)Nc1ccc(C(=O)CSc2nnc3nc(C)cc(C)n23)c(F)c1. The second kappa shape index (κ2) is 7.20. The Labute approximate surface area is 153 Å². The Morgan fingerprint density at radius 1 is 1.23 bits per heavy atom. The molecular weight excluding hydrogens is 357 g/mol. The van der Waals surface area contributed by atoms with Gasteiger partial charge in [0.1, 0.15) is 5.82 Å². The molecule has 0 aliphatic carbocycles. The Balaban J connectivity index is 1.76. The molecule has 1 aromatic carbocycles. The molecule has 2 aromatic heterocycles. The summed E-state index contributed by atoms with van der Waals surface area (Å²) in [6, 6.07) is 5.87. The number of amides is 1. The Hall–Kier alpha value is -2.81. The fourth-order valence-corrected chi connectivity index (χ4v) is 3.39. The summed E-state index contributed by atoms with van der Waals surface area (Å²) in [5, 5.41) is 11.1. The highest BCUT2D eigenvalue weighted by Gasteiger charge is 2.16. The number of halogens is 1. The third kappa shape index (κ3) is 3.72. The molecule has 9 heteroatoms. The first kappa shape index (κ1) is 18.0. The van der Waals surface area contributed by atoms with Gasteiger partial charge in [-0.25, -0.2) is 9.37 Å². The van der Waals surface area contributed by atoms with Crippen LogP contribution in [0.25, 0.3) is 5.78 Å². The molecule has 0 unspecified atom stereocenters. The number of nitrogens with one attached hydrogen (secondary N) is 1. The van der Waals surface area contributed by atoms with E-state index in [0.717, 1.165) is 17.5 Å². The molecule has 0 saturated heterocycles. The van der Waals surface area contributed by atoms with Crippen molar-refractivity contribution < 1.29 is 14.0 Å². The first-order valence-electron chi connectivity index (χ1n) is 7.77. The van der Waals surface area contributed by atoms with Crippen molar-refractivity contribution in [1.29, 1.82) is 0 Å². The number of ketones is 1. The van der Waals surface area contributed by atoms with E-state index in [-0.39, 0.29) is 23.0 Å². The molecule has 0 saturated carbocycles. The van der Waals surface area contributed by atoms with Gasteiger partial charge >= 0.3 is 0 Å². The summed E-state index contributed by atoms with van der Waals surface area (Å²) >= 11 is 1.17. The lowest BCUT2D eigenvalue weighted by Crippen LogP contribution is -2.09. The quantitative estimate of drug-likeness (QED) is 0.546. The van der Waals surface area contributed by atoms with Crippen molar-refractivity contribution in [3.63, 3.8) is 0 Å². The molecule has 1 N–H and O–H groups in total. The van der Waals surface area contributed by atoms with Crippen molar-refractivity contribution in [2.75, 3.05) is 11.1 Å². The van der Waals surface area contributed by atoms with Crippen LogP contribution in [0.2, 0.25) is 0 Å². The molecule has 1 amide bonds. The molecule has 26 heavy (non-hydrogen) atoms. The van der Waals surface area contributed by atoms with Crippen LogP contribution in [-0.4, -0.2) is 37.0 Å². The zero-order valence-electron chi connectivity index (χ0n) is 14.4. The van der Waals surface area contributed by atoms with Gasteiger partial charge in [-0.05, 0) is 38.1 Å². The molecule has 134 valence electrons. The van der Waals surface area contributed by atoms with E-state index in [9.17, 15) is 14.0 Å². The topological polar surface area (TPSA) is 89.2 Å². The first-order chi connectivity index (χ1) is 12.3. The smallest absolute Gasteiger partial charge is 0.256 e. The summed E-state index contributed by atoms with van der Waals surface area (Å²) in [6.45, 7) is 5.09. The highest BCUT2D eigenvalue weighted by Crippen LogP contribution is 2.22. The van der Waals surface area contributed by atoms with E-state index in [1.165, 1.54) is 30.8 Å². The Morgan fingerprint density at radius 3 is 2.69 bits per heavy atom. The maximum atomic E-state index is 14.2. The lowest BCUT2D eigenvalue weighted by Gasteiger charge is -2.06. The summed E-state index contributed by atoms with van der Waals surface area (Å²) in [4.78, 5) is 27.6. The van der Waals surface area contributed by atoms with Crippen molar-refractivity contribution in [3.05, 3.63) is 47.0 Å². The average molecular weight is 373 g/mol. The van der Waals surface area contributed by atoms with E-state index < -0.39 is 5.82 Å². The van der Waals surface area contributed by atoms with Gasteiger partial charge in [-0.2, -0.15) is 0 Å². The molecule has 0 bridgehead atoms. The van der Waals surface area contributed by atoms with Crippen LogP contribution in [0.5, 0.6) is 0 Å². The molecule has 0 radical (unpaired) electrons. The van der Waals surface area contributed by atoms with Crippen LogP contribution in [0.15, 0.2) is 29.4 Å². The van der Waals surface area contributed by atoms with Crippen molar-refractivity contribution >= 4 is 34.9 Å². The summed E-state index contributed by atoms with van der Waals surface area (Å²) in [5.74, 6) is -0.900. The number of aryl methyl sites for hydroxylation is 2. The Morgan fingerprint density at radius 2 is 2.00 bits per heavy atom. The second-order valence-electron chi connectivity index (χ2n) is 5.74. The van der Waals surface area contributed by atoms with Crippen LogP contribution in [0.3, 0.4) is 0 Å². The van der Waals surface area contributed by atoms with Crippen molar-refractivity contribution in [2.24, 2.45) is 0 Å². The van der Waals surface area contributed by atoms with Gasteiger partial charge in [-0.1, -0.05) is 11.8 Å². The molecule has 2 heterocycles. The standard InChI is InChI=1S/C17H16FN5O2S/c1-9-6-10(2)23-16(19-9)21-22-17(23)26-8-15(25)13-5-4-12(7-14(13)18)20-11(3)24/h4-7H,8H2,1-3H3,(H,20,24). The third-order valence-corrected chi connectivity index (χ3v) is 4.51. The number of Topliss-reactive ketones (excluding diaryl/α,β-unsaturated/α-hetero) is 1. The number of nitrogens with zero attached hydrogens (tertiary/aromatic N) is 4. The molecule has 0 spiro atoms. The zero-order valence-corrected chi connectivity index (χ0v) is 15.2. The minimum absolute atomic E-state index is 0.00448. The van der Waals surface area contributed by atoms with Gasteiger partial charge in [0.15, 0.2) is 10.9 Å². The number of carbonyl (C=O) groups excluding carboxylic acids is 2. The number of hydrogen-bond acceptors (Lipinski definition) is 6. The maximum absolute atomic E-state index is 14.2. The minimum atomic E-state index is -0.679. The molecule has 3 aromatic rings. The molecule has 0 aliphatic rings. The zero-order chi connectivity index (χ0) is 18.8. The lowest BCUT2D eigenvalue weighted by atomic mass is 10.1. The van der Waals surface area contributed by atoms with E-state index in [4.69, 9.17) is 0 Å². The molecular formula is C17H16FN5O2S. The van der Waals surface area contributed by atoms with Crippen LogP contribution in [0, 0.1) is 19.7 Å². The Kier molecular flexibility index (Phi) is 4.99. The summed E-state index contributed by atoms with van der Waals surface area (Å²) in [5.41, 5.74) is 2.00. The number of fused-ring (bicyclic) bond motifs is 1. The number of hydrogen-bond donors (Lipinski definition) is 1. The van der Waals surface area contributed by atoms with Gasteiger partial charge in [-0.15, -0.1) is 10.2 Å². The van der Waals surface area contributed by atoms with Crippen molar-refractivity contribution in [2.45, 2.75) is 25.9 Å². The predicted molar refractivity (Wildman–Crippen MR) is 96.0 cm³/mol. The van der Waals surface area contributed by atoms with Gasteiger partial charge < -0.3 is 5.32 Å². The van der Waals surface area contributed by atoms with E-state index in [1.54, 1.807) is 4.40 Å². The number of benzene rings is 1. The van der Waals surface area contributed by atoms with Crippen LogP contribution in [-0.2, 0) is 4.79 Å². The van der Waals surface area contributed by atoms with Gasteiger partial charge in [0, 0.05) is 24.0 Å². The van der Waals surface area contributed by atoms with Crippen LogP contribution in [0.1, 0.15) is 28.7 Å². The number of anilines is 1. The Bertz CT molecular complexity index is 1020. The molecule has 0 atom stereocenters. The molecule has 0 fully saturated rings. The normalized spacial score (nSPS) is 10.9. The lowest BCUT2D eigenvalue weighted by molar-refractivity contribution is -0.114. The minimum Gasteiger partial charge on any atom is -0.326 e. The largest absolute Gasteiger partial charge is 0.326 e. The van der Waals surface area contributed by atoms with Crippen LogP contribution < -0.4 is 5.32 Å². The molecule has 3 rings (SSSR count). The van der Waals surface area contributed by atoms with E-state index in [0.29, 0.717) is 16.6 Å². The molecule has 0 aliphatic heterocycles. The van der Waals surface area contributed by atoms with Crippen molar-refractivity contribution in [3.8, 4) is 0 Å². The molecule has 7 nitrogen and oxygen atoms in total. The predicted octanol–water partition coefficient (Wildman–Crippen LogP) is 2.81. The van der Waals surface area contributed by atoms with Crippen molar-refractivity contribution in [1.82, 2.24) is 19.6 Å². The monoisotopic (exact) mass is 373 g/mol. The maximum Gasteiger partial charge on any atom is 0.256 e. The average Bonchev–Trinajstić information content (AvgIpc) is 2.95. The third-order valence-electron chi connectivity index (χ3n) is 3.59. The van der Waals surface area contributed by atoms with Gasteiger partial charge in [0.05, 0.1) is 11.3 Å². The van der Waals surface area contributed by atoms with E-state index in [2.05, 4.69) is 20.5 Å². The van der Waals surface area contributed by atoms with E-state index >= 15 is 0 Å². The van der Waals surface area contributed by atoms with Gasteiger partial charge in [0.25, 0.3) is 5.78 Å². The number of thioether (sulfide) groups is 1. The highest BCUT2D eigenvalue weighted by atomic mass is 32.2. The van der Waals surface area contributed by atoms with Gasteiger partial charge in [-0.3, -0.25) is 14.0 Å². The summed E-state index contributed by atoms with van der Waals surface area (Å²) in [6.07, 6.45) is 0. The number of rotatable bonds is 5. The fraction of sp³-hybridized carbons (Fsp3) is 0.235. The summed E-state index contributed by atoms with van der Waals surface area (Å²) in [7, 11) is 0. The van der Waals surface area contributed by atoms with Gasteiger partial charge in [0.2, 0.25) is 5.91 Å². The first-order valence-corrected chi connectivity index (χ1v) is 8.76. The second-order valence-corrected chi connectivity index (χ2v) is 6.69. The number of carbonyl (C=O) groups is 2. The summed E-state index contributed by atoms with van der Waals surface area (Å²) < 4.78 is 15.9. The van der Waals surface area contributed by atoms with E-state index in [1.807, 2.05) is 19.9 Å². The van der Waals surface area contributed by atoms with Crippen LogP contribution in [0.4, 0.5) is 10.1 Å². The number of aromatic nitrogens is 4. The highest BCUT2D eigenvalue weighted by molar-refractivity contribution is 7.99. The van der Waals surface area contributed by atoms with Crippen LogP contribution >= 0.6 is 11.8 Å².